The smallest absolute Gasteiger partial charge is 0.336 e. The Balaban J connectivity index is 1.86. The third kappa shape index (κ3) is 6.23. The third-order valence-electron chi connectivity index (χ3n) is 4.68. The summed E-state index contributed by atoms with van der Waals surface area (Å²) < 4.78 is 21.4. The van der Waals surface area contributed by atoms with E-state index in [0.717, 1.165) is 22.1 Å². The van der Waals surface area contributed by atoms with E-state index in [1.807, 2.05) is 13.0 Å². The van der Waals surface area contributed by atoms with Gasteiger partial charge in [-0.25, -0.2) is 4.79 Å². The zero-order chi connectivity index (χ0) is 22.4. The molecule has 0 amide bonds. The van der Waals surface area contributed by atoms with E-state index in [0.29, 0.717) is 34.4 Å². The van der Waals surface area contributed by atoms with E-state index in [4.69, 9.17) is 41.8 Å². The maximum absolute atomic E-state index is 12.0. The average Bonchev–Trinajstić information content (AvgIpc) is 2.71. The molecule has 0 unspecified atom stereocenters. The predicted octanol–water partition coefficient (Wildman–Crippen LogP) is 5.11. The fourth-order valence-corrected chi connectivity index (χ4v) is 3.53. The molecule has 0 saturated heterocycles. The highest BCUT2D eigenvalue weighted by Gasteiger charge is 2.14. The molecule has 0 bridgehead atoms. The summed E-state index contributed by atoms with van der Waals surface area (Å²) in [5.74, 6) is 0.164. The van der Waals surface area contributed by atoms with Crippen molar-refractivity contribution in [1.29, 1.82) is 0 Å². The first-order chi connectivity index (χ1) is 14.9. The van der Waals surface area contributed by atoms with Gasteiger partial charge >= 0.3 is 11.6 Å². The normalized spacial score (nSPS) is 11.0. The monoisotopic (exact) mass is 464 g/mol. The van der Waals surface area contributed by atoms with E-state index < -0.39 is 5.63 Å². The number of rotatable bonds is 9. The number of aryl methyl sites for hydroxylation is 2. The third-order valence-corrected chi connectivity index (χ3v) is 5.27. The Morgan fingerprint density at radius 1 is 1.06 bits per heavy atom. The van der Waals surface area contributed by atoms with Crippen LogP contribution in [0, 0.1) is 6.92 Å². The molecule has 1 aromatic heterocycles. The SMILES string of the molecule is COCCOC(=O)CCc1cc2c(C)cc(=O)oc2cc1OCc1ccc(Cl)cc1Cl. The number of esters is 1. The maximum atomic E-state index is 12.0. The molecule has 0 radical (unpaired) electrons. The molecule has 6 nitrogen and oxygen atoms in total. The lowest BCUT2D eigenvalue weighted by Gasteiger charge is -2.14. The first-order valence-corrected chi connectivity index (χ1v) is 10.4. The van der Waals surface area contributed by atoms with Crippen LogP contribution in [0.25, 0.3) is 11.0 Å². The highest BCUT2D eigenvalue weighted by Crippen LogP contribution is 2.30. The molecule has 0 atom stereocenters. The topological polar surface area (TPSA) is 75.0 Å². The van der Waals surface area contributed by atoms with Crippen molar-refractivity contribution >= 4 is 40.1 Å². The number of fused-ring (bicyclic) bond motifs is 1. The molecule has 3 aromatic rings. The van der Waals surface area contributed by atoms with Crippen molar-refractivity contribution < 1.29 is 23.4 Å². The summed E-state index contributed by atoms with van der Waals surface area (Å²) in [6.07, 6.45) is 0.563. The molecule has 2 aromatic carbocycles. The number of benzene rings is 2. The highest BCUT2D eigenvalue weighted by atomic mass is 35.5. The van der Waals surface area contributed by atoms with Crippen LogP contribution in [0.2, 0.25) is 10.0 Å². The van der Waals surface area contributed by atoms with Crippen molar-refractivity contribution in [1.82, 2.24) is 0 Å². The Bertz CT molecular complexity index is 1140. The second-order valence-electron chi connectivity index (χ2n) is 6.94. The number of carbonyl (C=O) groups is 1. The standard InChI is InChI=1S/C23H22Cl2O6/c1-14-9-23(27)31-21-12-20(30-13-16-3-5-17(24)11-19(16)25)15(10-18(14)21)4-6-22(26)29-8-7-28-2/h3,5,9-12H,4,6-8,13H2,1-2H3. The number of halogens is 2. The first kappa shape index (κ1) is 23.1. The van der Waals surface area contributed by atoms with Crippen LogP contribution < -0.4 is 10.4 Å². The van der Waals surface area contributed by atoms with Crippen molar-refractivity contribution in [2.75, 3.05) is 20.3 Å². The molecule has 0 saturated carbocycles. The molecular formula is C23H22Cl2O6. The van der Waals surface area contributed by atoms with Gasteiger partial charge in [-0.2, -0.15) is 0 Å². The van der Waals surface area contributed by atoms with Gasteiger partial charge in [-0.3, -0.25) is 4.79 Å². The quantitative estimate of drug-likeness (QED) is 0.248. The fraction of sp³-hybridized carbons (Fsp3) is 0.304. The first-order valence-electron chi connectivity index (χ1n) is 9.66. The Morgan fingerprint density at radius 3 is 2.61 bits per heavy atom. The van der Waals surface area contributed by atoms with E-state index in [1.165, 1.54) is 6.07 Å². The van der Waals surface area contributed by atoms with Crippen LogP contribution in [0.5, 0.6) is 5.75 Å². The largest absolute Gasteiger partial charge is 0.488 e. The lowest BCUT2D eigenvalue weighted by molar-refractivity contribution is -0.144. The van der Waals surface area contributed by atoms with Gasteiger partial charge in [0.2, 0.25) is 0 Å². The minimum atomic E-state index is -0.439. The van der Waals surface area contributed by atoms with E-state index in [2.05, 4.69) is 0 Å². The second kappa shape index (κ2) is 10.7. The van der Waals surface area contributed by atoms with Gasteiger partial charge in [0, 0.05) is 46.7 Å². The Hall–Kier alpha value is -2.54. The van der Waals surface area contributed by atoms with Crippen LogP contribution in [0.15, 0.2) is 45.6 Å². The van der Waals surface area contributed by atoms with Crippen LogP contribution in [0.3, 0.4) is 0 Å². The van der Waals surface area contributed by atoms with Crippen LogP contribution in [-0.2, 0) is 27.3 Å². The Morgan fingerprint density at radius 2 is 1.87 bits per heavy atom. The van der Waals surface area contributed by atoms with Gasteiger partial charge in [0.25, 0.3) is 0 Å². The number of hydrogen-bond acceptors (Lipinski definition) is 6. The zero-order valence-electron chi connectivity index (χ0n) is 17.2. The summed E-state index contributed by atoms with van der Waals surface area (Å²) in [5.41, 5.74) is 2.29. The molecule has 0 aliphatic heterocycles. The number of hydrogen-bond donors (Lipinski definition) is 0. The van der Waals surface area contributed by atoms with E-state index >= 15 is 0 Å². The van der Waals surface area contributed by atoms with Gasteiger partial charge in [-0.15, -0.1) is 0 Å². The van der Waals surface area contributed by atoms with Crippen LogP contribution in [-0.4, -0.2) is 26.3 Å². The molecule has 0 N–H and O–H groups in total. The van der Waals surface area contributed by atoms with Crippen molar-refractivity contribution in [3.05, 3.63) is 73.6 Å². The molecule has 31 heavy (non-hydrogen) atoms. The van der Waals surface area contributed by atoms with Crippen LogP contribution >= 0.6 is 23.2 Å². The molecule has 0 aliphatic carbocycles. The predicted molar refractivity (Wildman–Crippen MR) is 119 cm³/mol. The van der Waals surface area contributed by atoms with Gasteiger partial charge in [-0.1, -0.05) is 29.3 Å². The summed E-state index contributed by atoms with van der Waals surface area (Å²) in [7, 11) is 1.54. The highest BCUT2D eigenvalue weighted by molar-refractivity contribution is 6.35. The van der Waals surface area contributed by atoms with Crippen molar-refractivity contribution in [3.63, 3.8) is 0 Å². The molecule has 3 rings (SSSR count). The summed E-state index contributed by atoms with van der Waals surface area (Å²) >= 11 is 12.2. The van der Waals surface area contributed by atoms with Crippen molar-refractivity contribution in [2.45, 2.75) is 26.4 Å². The van der Waals surface area contributed by atoms with Crippen molar-refractivity contribution in [3.8, 4) is 5.75 Å². The fourth-order valence-electron chi connectivity index (χ4n) is 3.06. The minimum absolute atomic E-state index is 0.170. The molecule has 0 fully saturated rings. The van der Waals surface area contributed by atoms with Crippen LogP contribution in [0.1, 0.15) is 23.1 Å². The summed E-state index contributed by atoms with van der Waals surface area (Å²) in [4.78, 5) is 23.8. The number of carbonyl (C=O) groups excluding carboxylic acids is 1. The van der Waals surface area contributed by atoms with Gasteiger partial charge in [0.15, 0.2) is 0 Å². The average molecular weight is 465 g/mol. The molecule has 0 spiro atoms. The number of methoxy groups -OCH3 is 1. The molecule has 164 valence electrons. The summed E-state index contributed by atoms with van der Waals surface area (Å²) in [5, 5.41) is 1.79. The van der Waals surface area contributed by atoms with Crippen LogP contribution in [0.4, 0.5) is 0 Å². The second-order valence-corrected chi connectivity index (χ2v) is 7.79. The molecular weight excluding hydrogens is 443 g/mol. The Kier molecular flexibility index (Phi) is 7.96. The van der Waals surface area contributed by atoms with Gasteiger partial charge in [-0.05, 0) is 42.7 Å². The van der Waals surface area contributed by atoms with Gasteiger partial charge in [0.1, 0.15) is 24.5 Å². The van der Waals surface area contributed by atoms with Crippen molar-refractivity contribution in [2.24, 2.45) is 0 Å². The lowest BCUT2D eigenvalue weighted by atomic mass is 10.0. The van der Waals surface area contributed by atoms with E-state index in [9.17, 15) is 9.59 Å². The summed E-state index contributed by atoms with van der Waals surface area (Å²) in [6, 6.07) is 10.1. The lowest BCUT2D eigenvalue weighted by Crippen LogP contribution is -2.11. The van der Waals surface area contributed by atoms with E-state index in [-0.39, 0.29) is 25.6 Å². The molecule has 0 aliphatic rings. The Labute approximate surface area is 189 Å². The number of ether oxygens (including phenoxy) is 3. The zero-order valence-corrected chi connectivity index (χ0v) is 18.7. The van der Waals surface area contributed by atoms with Gasteiger partial charge in [0.05, 0.1) is 6.61 Å². The minimum Gasteiger partial charge on any atom is -0.488 e. The van der Waals surface area contributed by atoms with E-state index in [1.54, 1.807) is 31.4 Å². The summed E-state index contributed by atoms with van der Waals surface area (Å²) in [6.45, 7) is 2.56. The maximum Gasteiger partial charge on any atom is 0.336 e. The molecule has 8 heteroatoms. The molecule has 1 heterocycles. The van der Waals surface area contributed by atoms with Gasteiger partial charge < -0.3 is 18.6 Å².